The number of hydrogen-bond donors (Lipinski definition) is 0. The van der Waals surface area contributed by atoms with E-state index in [2.05, 4.69) is 0 Å². The third kappa shape index (κ3) is 2.27. The quantitative estimate of drug-likeness (QED) is 0.798. The molecule has 0 saturated carbocycles. The van der Waals surface area contributed by atoms with Gasteiger partial charge in [-0.05, 0) is 30.5 Å². The number of Topliss-reactive ketones (excluding diaryl/α,β-unsaturated/α-hetero) is 1. The molecule has 0 radical (unpaired) electrons. The molecule has 19 heavy (non-hydrogen) atoms. The van der Waals surface area contributed by atoms with Crippen molar-refractivity contribution in [3.8, 4) is 11.5 Å². The minimum absolute atomic E-state index is 0.0774. The summed E-state index contributed by atoms with van der Waals surface area (Å²) in [7, 11) is 0. The lowest BCUT2D eigenvalue weighted by atomic mass is 10.1. The number of benzene rings is 1. The van der Waals surface area contributed by atoms with E-state index in [0.717, 1.165) is 4.88 Å². The summed E-state index contributed by atoms with van der Waals surface area (Å²) in [4.78, 5) is 13.2. The van der Waals surface area contributed by atoms with Gasteiger partial charge in [-0.3, -0.25) is 4.79 Å². The average molecular weight is 272 g/mol. The van der Waals surface area contributed by atoms with E-state index in [4.69, 9.17) is 9.47 Å². The fourth-order valence-corrected chi connectivity index (χ4v) is 2.57. The van der Waals surface area contributed by atoms with Gasteiger partial charge in [-0.25, -0.2) is 0 Å². The molecule has 0 saturated heterocycles. The Kier molecular flexibility index (Phi) is 3.09. The molecular weight excluding hydrogens is 260 g/mol. The van der Waals surface area contributed by atoms with Gasteiger partial charge in [0.05, 0.1) is 12.2 Å². The second-order valence-electron chi connectivity index (χ2n) is 4.05. The summed E-state index contributed by atoms with van der Waals surface area (Å²) in [5, 5.41) is 1.96. The number of fused-ring (bicyclic) bond motifs is 1. The predicted octanol–water partition coefficient (Wildman–Crippen LogP) is 3.76. The molecule has 0 fully saturated rings. The first-order valence-electron chi connectivity index (χ1n) is 6.02. The summed E-state index contributed by atoms with van der Waals surface area (Å²) in [5.74, 6) is 1.57. The second kappa shape index (κ2) is 4.90. The van der Waals surface area contributed by atoms with Gasteiger partial charge in [0.2, 0.25) is 5.78 Å². The zero-order chi connectivity index (χ0) is 13.2. The number of carbonyl (C=O) groups is 1. The van der Waals surface area contributed by atoms with E-state index in [1.54, 1.807) is 35.6 Å². The van der Waals surface area contributed by atoms with Crippen molar-refractivity contribution in [3.63, 3.8) is 0 Å². The topological polar surface area (TPSA) is 35.5 Å². The summed E-state index contributed by atoms with van der Waals surface area (Å²) < 4.78 is 11.0. The molecule has 0 amide bonds. The van der Waals surface area contributed by atoms with Crippen LogP contribution in [0.4, 0.5) is 0 Å². The number of rotatable bonds is 3. The zero-order valence-corrected chi connectivity index (χ0v) is 11.2. The molecule has 0 unspecified atom stereocenters. The van der Waals surface area contributed by atoms with E-state index < -0.39 is 0 Å². The van der Waals surface area contributed by atoms with Crippen LogP contribution >= 0.6 is 11.3 Å². The maximum atomic E-state index is 12.2. The third-order valence-corrected chi connectivity index (χ3v) is 3.59. The molecule has 3 rings (SSSR count). The summed E-state index contributed by atoms with van der Waals surface area (Å²) in [6.07, 6.45) is 1.77. The Balaban J connectivity index is 1.93. The van der Waals surface area contributed by atoms with Crippen LogP contribution in [0.1, 0.15) is 22.2 Å². The van der Waals surface area contributed by atoms with Gasteiger partial charge < -0.3 is 9.47 Å². The monoisotopic (exact) mass is 272 g/mol. The Morgan fingerprint density at radius 3 is 3.00 bits per heavy atom. The number of carbonyl (C=O) groups excluding carboxylic acids is 1. The van der Waals surface area contributed by atoms with Crippen molar-refractivity contribution >= 4 is 23.2 Å². The lowest BCUT2D eigenvalue weighted by Crippen LogP contribution is -1.97. The van der Waals surface area contributed by atoms with Crippen molar-refractivity contribution < 1.29 is 14.3 Å². The van der Waals surface area contributed by atoms with Crippen LogP contribution in [0.3, 0.4) is 0 Å². The first-order chi connectivity index (χ1) is 9.28. The van der Waals surface area contributed by atoms with E-state index in [-0.39, 0.29) is 5.78 Å². The molecule has 2 heterocycles. The highest BCUT2D eigenvalue weighted by Gasteiger charge is 2.27. The highest BCUT2D eigenvalue weighted by molar-refractivity contribution is 7.10. The van der Waals surface area contributed by atoms with Crippen molar-refractivity contribution in [3.05, 3.63) is 51.9 Å². The first kappa shape index (κ1) is 12.0. The molecule has 0 aliphatic carbocycles. The maximum Gasteiger partial charge on any atom is 0.232 e. The molecule has 96 valence electrons. The van der Waals surface area contributed by atoms with Gasteiger partial charge in [-0.1, -0.05) is 6.07 Å². The molecule has 0 N–H and O–H groups in total. The minimum Gasteiger partial charge on any atom is -0.494 e. The van der Waals surface area contributed by atoms with Crippen molar-refractivity contribution in [1.82, 2.24) is 0 Å². The number of ketones is 1. The Hall–Kier alpha value is -2.07. The van der Waals surface area contributed by atoms with Gasteiger partial charge in [0.25, 0.3) is 0 Å². The molecule has 1 aromatic carbocycles. The molecule has 1 aliphatic heterocycles. The normalized spacial score (nSPS) is 15.4. The van der Waals surface area contributed by atoms with Gasteiger partial charge in [-0.2, -0.15) is 0 Å². The standard InChI is InChI=1S/C15H12O3S/c1-2-17-10-5-6-12-13(8-10)18-14(15(12)16)9-11-4-3-7-19-11/h3-9H,2H2,1H3/b14-9-. The number of hydrogen-bond acceptors (Lipinski definition) is 4. The minimum atomic E-state index is -0.0774. The predicted molar refractivity (Wildman–Crippen MR) is 74.9 cm³/mol. The van der Waals surface area contributed by atoms with E-state index in [1.165, 1.54) is 0 Å². The summed E-state index contributed by atoms with van der Waals surface area (Å²) in [6.45, 7) is 2.51. The molecular formula is C15H12O3S. The summed E-state index contributed by atoms with van der Waals surface area (Å²) in [6, 6.07) is 9.18. The SMILES string of the molecule is CCOc1ccc2c(c1)O/C(=C\c1cccs1)C2=O. The van der Waals surface area contributed by atoms with Gasteiger partial charge in [0.1, 0.15) is 11.5 Å². The maximum absolute atomic E-state index is 12.2. The molecule has 3 nitrogen and oxygen atoms in total. The van der Waals surface area contributed by atoms with Crippen molar-refractivity contribution in [2.75, 3.05) is 6.61 Å². The van der Waals surface area contributed by atoms with Crippen molar-refractivity contribution in [2.24, 2.45) is 0 Å². The molecule has 1 aromatic heterocycles. The molecule has 1 aliphatic rings. The molecule has 2 aromatic rings. The zero-order valence-electron chi connectivity index (χ0n) is 10.4. The Labute approximate surface area is 115 Å². The van der Waals surface area contributed by atoms with E-state index in [1.807, 2.05) is 24.4 Å². The van der Waals surface area contributed by atoms with Gasteiger partial charge in [-0.15, -0.1) is 11.3 Å². The number of allylic oxidation sites excluding steroid dienone is 1. The van der Waals surface area contributed by atoms with Crippen LogP contribution in [0.25, 0.3) is 6.08 Å². The van der Waals surface area contributed by atoms with Crippen molar-refractivity contribution in [1.29, 1.82) is 0 Å². The molecule has 0 spiro atoms. The number of ether oxygens (including phenoxy) is 2. The largest absolute Gasteiger partial charge is 0.494 e. The smallest absolute Gasteiger partial charge is 0.232 e. The molecule has 0 bridgehead atoms. The van der Waals surface area contributed by atoms with E-state index >= 15 is 0 Å². The molecule has 0 atom stereocenters. The lowest BCUT2D eigenvalue weighted by Gasteiger charge is -2.03. The second-order valence-corrected chi connectivity index (χ2v) is 5.03. The Morgan fingerprint density at radius 1 is 1.37 bits per heavy atom. The van der Waals surface area contributed by atoms with Crippen LogP contribution in [0.15, 0.2) is 41.5 Å². The molecule has 4 heteroatoms. The number of thiophene rings is 1. The summed E-state index contributed by atoms with van der Waals surface area (Å²) >= 11 is 1.57. The van der Waals surface area contributed by atoms with Gasteiger partial charge in [0.15, 0.2) is 5.76 Å². The first-order valence-corrected chi connectivity index (χ1v) is 6.90. The Morgan fingerprint density at radius 2 is 2.26 bits per heavy atom. The van der Waals surface area contributed by atoms with Crippen LogP contribution < -0.4 is 9.47 Å². The van der Waals surface area contributed by atoms with Crippen LogP contribution in [0, 0.1) is 0 Å². The van der Waals surface area contributed by atoms with E-state index in [9.17, 15) is 4.79 Å². The fourth-order valence-electron chi connectivity index (χ4n) is 1.93. The van der Waals surface area contributed by atoms with Crippen LogP contribution in [-0.4, -0.2) is 12.4 Å². The van der Waals surface area contributed by atoms with Crippen LogP contribution in [0.5, 0.6) is 11.5 Å². The van der Waals surface area contributed by atoms with Gasteiger partial charge >= 0.3 is 0 Å². The Bertz CT molecular complexity index is 641. The lowest BCUT2D eigenvalue weighted by molar-refractivity contribution is 0.101. The van der Waals surface area contributed by atoms with Crippen molar-refractivity contribution in [2.45, 2.75) is 6.92 Å². The summed E-state index contributed by atoms with van der Waals surface area (Å²) in [5.41, 5.74) is 0.589. The van der Waals surface area contributed by atoms with Crippen LogP contribution in [0.2, 0.25) is 0 Å². The van der Waals surface area contributed by atoms with Gasteiger partial charge in [0, 0.05) is 17.0 Å². The highest BCUT2D eigenvalue weighted by atomic mass is 32.1. The third-order valence-electron chi connectivity index (χ3n) is 2.77. The van der Waals surface area contributed by atoms with E-state index in [0.29, 0.717) is 29.4 Å². The highest BCUT2D eigenvalue weighted by Crippen LogP contribution is 2.35. The fraction of sp³-hybridized carbons (Fsp3) is 0.133. The average Bonchev–Trinajstić information content (AvgIpc) is 3.00. The van der Waals surface area contributed by atoms with Crippen LogP contribution in [-0.2, 0) is 0 Å².